The van der Waals surface area contributed by atoms with E-state index in [0.717, 1.165) is 24.0 Å². The molecule has 0 radical (unpaired) electrons. The van der Waals surface area contributed by atoms with Gasteiger partial charge < -0.3 is 5.11 Å². The first-order chi connectivity index (χ1) is 8.02. The Morgan fingerprint density at radius 2 is 1.82 bits per heavy atom. The van der Waals surface area contributed by atoms with Crippen molar-refractivity contribution in [3.05, 3.63) is 34.9 Å². The highest BCUT2D eigenvalue weighted by Gasteiger charge is 2.21. The molecule has 0 aliphatic heterocycles. The van der Waals surface area contributed by atoms with Gasteiger partial charge in [0.2, 0.25) is 0 Å². The summed E-state index contributed by atoms with van der Waals surface area (Å²) in [4.78, 5) is 11.5. The molecule has 1 rings (SSSR count). The third kappa shape index (κ3) is 3.32. The van der Waals surface area contributed by atoms with Crippen LogP contribution in [0.3, 0.4) is 0 Å². The summed E-state index contributed by atoms with van der Waals surface area (Å²) in [7, 11) is 0. The minimum atomic E-state index is -0.865. The van der Waals surface area contributed by atoms with Crippen LogP contribution in [0.4, 0.5) is 0 Å². The zero-order valence-electron chi connectivity index (χ0n) is 9.91. The fraction of sp³-hybridized carbons (Fsp3) is 0.462. The van der Waals surface area contributed by atoms with E-state index < -0.39 is 5.97 Å². The van der Waals surface area contributed by atoms with E-state index in [1.807, 2.05) is 19.1 Å². The van der Waals surface area contributed by atoms with Gasteiger partial charge >= 0.3 is 5.97 Å². The van der Waals surface area contributed by atoms with Crippen molar-refractivity contribution in [2.45, 2.75) is 36.3 Å². The Kier molecular flexibility index (Phi) is 5.67. The monoisotopic (exact) mass is 362 g/mol. The van der Waals surface area contributed by atoms with E-state index in [4.69, 9.17) is 0 Å². The Morgan fingerprint density at radius 1 is 1.24 bits per heavy atom. The molecule has 1 aromatic rings. The van der Waals surface area contributed by atoms with Crippen molar-refractivity contribution in [2.75, 3.05) is 0 Å². The highest BCUT2D eigenvalue weighted by Crippen LogP contribution is 2.38. The van der Waals surface area contributed by atoms with Crippen LogP contribution in [0.25, 0.3) is 0 Å². The molecule has 4 heteroatoms. The first-order valence-corrected chi connectivity index (χ1v) is 7.50. The number of alkyl halides is 2. The number of carbonyl (C=O) groups is 1. The second-order valence-electron chi connectivity index (χ2n) is 3.87. The fourth-order valence-corrected chi connectivity index (χ4v) is 2.73. The Morgan fingerprint density at radius 3 is 2.29 bits per heavy atom. The molecular formula is C13H16Br2O2. The van der Waals surface area contributed by atoms with Crippen molar-refractivity contribution in [1.29, 1.82) is 0 Å². The maximum atomic E-state index is 11.3. The van der Waals surface area contributed by atoms with Gasteiger partial charge in [-0.25, -0.2) is 4.79 Å². The highest BCUT2D eigenvalue weighted by molar-refractivity contribution is 9.09. The Balaban J connectivity index is 3.39. The lowest BCUT2D eigenvalue weighted by Crippen LogP contribution is -2.08. The van der Waals surface area contributed by atoms with Crippen molar-refractivity contribution >= 4 is 37.8 Å². The van der Waals surface area contributed by atoms with Crippen molar-refractivity contribution in [3.63, 3.8) is 0 Å². The van der Waals surface area contributed by atoms with Crippen LogP contribution in [0.1, 0.15) is 57.8 Å². The summed E-state index contributed by atoms with van der Waals surface area (Å²) < 4.78 is 0. The summed E-state index contributed by atoms with van der Waals surface area (Å²) in [6.07, 6.45) is 1.79. The molecule has 2 nitrogen and oxygen atoms in total. The van der Waals surface area contributed by atoms with Crippen LogP contribution in [0, 0.1) is 0 Å². The quantitative estimate of drug-likeness (QED) is 0.741. The lowest BCUT2D eigenvalue weighted by atomic mass is 9.94. The average molecular weight is 364 g/mol. The van der Waals surface area contributed by atoms with E-state index >= 15 is 0 Å². The third-order valence-corrected chi connectivity index (χ3v) is 4.98. The Bertz CT molecular complexity index is 404. The van der Waals surface area contributed by atoms with E-state index in [-0.39, 0.29) is 9.65 Å². The zero-order valence-corrected chi connectivity index (χ0v) is 13.1. The molecule has 0 spiro atoms. The molecule has 0 saturated heterocycles. The molecule has 0 fully saturated rings. The fourth-order valence-electron chi connectivity index (χ4n) is 1.82. The van der Waals surface area contributed by atoms with Gasteiger partial charge in [-0.05, 0) is 30.0 Å². The summed E-state index contributed by atoms with van der Waals surface area (Å²) in [6.45, 7) is 4.11. The topological polar surface area (TPSA) is 37.3 Å². The summed E-state index contributed by atoms with van der Waals surface area (Å²) in [6, 6.07) is 5.47. The average Bonchev–Trinajstić information content (AvgIpc) is 2.35. The van der Waals surface area contributed by atoms with E-state index in [1.165, 1.54) is 0 Å². The first kappa shape index (κ1) is 14.7. The number of rotatable bonds is 5. The molecule has 2 atom stereocenters. The number of benzene rings is 1. The smallest absolute Gasteiger partial charge is 0.336 e. The van der Waals surface area contributed by atoms with Gasteiger partial charge in [0.1, 0.15) is 0 Å². The predicted octanol–water partition coefficient (Wildman–Crippen LogP) is 5.08. The van der Waals surface area contributed by atoms with Crippen LogP contribution >= 0.6 is 31.9 Å². The van der Waals surface area contributed by atoms with Gasteiger partial charge in [0, 0.05) is 9.65 Å². The van der Waals surface area contributed by atoms with Gasteiger partial charge in [-0.3, -0.25) is 0 Å². The number of carboxylic acid groups (broad SMARTS) is 1. The van der Waals surface area contributed by atoms with Gasteiger partial charge in [-0.2, -0.15) is 0 Å². The van der Waals surface area contributed by atoms with Crippen LogP contribution in [-0.2, 0) is 0 Å². The second kappa shape index (κ2) is 6.55. The van der Waals surface area contributed by atoms with Gasteiger partial charge in [0.05, 0.1) is 5.56 Å². The lowest BCUT2D eigenvalue weighted by molar-refractivity contribution is 0.0695. The zero-order chi connectivity index (χ0) is 13.0. The molecule has 0 aliphatic rings. The Hall–Kier alpha value is -0.350. The SMILES string of the molecule is CCC(Br)c1cccc(C(=O)O)c1C(Br)CC. The lowest BCUT2D eigenvalue weighted by Gasteiger charge is -2.19. The van der Waals surface area contributed by atoms with Crippen molar-refractivity contribution < 1.29 is 9.90 Å². The van der Waals surface area contributed by atoms with E-state index in [2.05, 4.69) is 38.8 Å². The predicted molar refractivity (Wildman–Crippen MR) is 77.3 cm³/mol. The number of aromatic carboxylic acids is 1. The number of carboxylic acids is 1. The van der Waals surface area contributed by atoms with E-state index in [0.29, 0.717) is 5.56 Å². The molecule has 1 aromatic carbocycles. The summed E-state index contributed by atoms with van der Waals surface area (Å²) in [5, 5.41) is 9.25. The maximum Gasteiger partial charge on any atom is 0.336 e. The summed E-state index contributed by atoms with van der Waals surface area (Å²) >= 11 is 7.17. The maximum absolute atomic E-state index is 11.3. The first-order valence-electron chi connectivity index (χ1n) is 5.67. The molecule has 2 unspecified atom stereocenters. The van der Waals surface area contributed by atoms with Crippen molar-refractivity contribution in [2.24, 2.45) is 0 Å². The van der Waals surface area contributed by atoms with Crippen molar-refractivity contribution in [1.82, 2.24) is 0 Å². The largest absolute Gasteiger partial charge is 0.478 e. The van der Waals surface area contributed by atoms with Crippen LogP contribution in [0.15, 0.2) is 18.2 Å². The standard InChI is InChI=1S/C13H16Br2O2/c1-3-10(14)8-6-5-7-9(13(16)17)12(8)11(15)4-2/h5-7,10-11H,3-4H2,1-2H3,(H,16,17). The number of hydrogen-bond donors (Lipinski definition) is 1. The minimum absolute atomic E-state index is 0.0800. The van der Waals surface area contributed by atoms with E-state index in [1.54, 1.807) is 6.07 Å². The van der Waals surface area contributed by atoms with E-state index in [9.17, 15) is 9.90 Å². The number of halogens is 2. The van der Waals surface area contributed by atoms with Gasteiger partial charge in [-0.1, -0.05) is 57.8 Å². The molecule has 0 saturated carbocycles. The van der Waals surface area contributed by atoms with Gasteiger partial charge in [0.15, 0.2) is 0 Å². The molecule has 94 valence electrons. The minimum Gasteiger partial charge on any atom is -0.478 e. The second-order valence-corrected chi connectivity index (χ2v) is 6.08. The molecule has 0 bridgehead atoms. The summed E-state index contributed by atoms with van der Waals surface area (Å²) in [5.41, 5.74) is 2.35. The number of hydrogen-bond acceptors (Lipinski definition) is 1. The molecule has 0 aliphatic carbocycles. The molecule has 1 N–H and O–H groups in total. The normalized spacial score (nSPS) is 14.4. The molecule has 0 aromatic heterocycles. The molecule has 0 heterocycles. The molecule has 17 heavy (non-hydrogen) atoms. The Labute approximate surface area is 119 Å². The van der Waals surface area contributed by atoms with Gasteiger partial charge in [0.25, 0.3) is 0 Å². The van der Waals surface area contributed by atoms with Crippen molar-refractivity contribution in [3.8, 4) is 0 Å². The van der Waals surface area contributed by atoms with Gasteiger partial charge in [-0.15, -0.1) is 0 Å². The van der Waals surface area contributed by atoms with Crippen LogP contribution in [0.2, 0.25) is 0 Å². The molecular weight excluding hydrogens is 348 g/mol. The van der Waals surface area contributed by atoms with Crippen LogP contribution in [-0.4, -0.2) is 11.1 Å². The summed E-state index contributed by atoms with van der Waals surface area (Å²) in [5.74, 6) is -0.865. The molecule has 0 amide bonds. The van der Waals surface area contributed by atoms with Crippen LogP contribution < -0.4 is 0 Å². The highest BCUT2D eigenvalue weighted by atomic mass is 79.9. The van der Waals surface area contributed by atoms with Crippen LogP contribution in [0.5, 0.6) is 0 Å². The third-order valence-electron chi connectivity index (χ3n) is 2.74.